The van der Waals surface area contributed by atoms with Gasteiger partial charge in [-0.3, -0.25) is 9.59 Å². The number of anilines is 1. The fraction of sp³-hybridized carbons (Fsp3) is 0.387. The molecule has 0 aliphatic carbocycles. The molecule has 0 bridgehead atoms. The third kappa shape index (κ3) is 7.76. The third-order valence-corrected chi connectivity index (χ3v) is 6.50. The van der Waals surface area contributed by atoms with Crippen LogP contribution in [0, 0.1) is 6.92 Å². The second-order valence-electron chi connectivity index (χ2n) is 11.6. The van der Waals surface area contributed by atoms with E-state index < -0.39 is 35.2 Å². The highest BCUT2D eigenvalue weighted by atomic mass is 32.1. The number of carbonyl (C=O) groups is 3. The van der Waals surface area contributed by atoms with Crippen molar-refractivity contribution in [2.45, 2.75) is 71.7 Å². The number of carbonyl (C=O) groups excluding carboxylic acids is 3. The van der Waals surface area contributed by atoms with Crippen molar-refractivity contribution in [3.8, 4) is 0 Å². The molecule has 3 amide bonds. The first-order valence-electron chi connectivity index (χ1n) is 13.0. The van der Waals surface area contributed by atoms with Gasteiger partial charge in [-0.05, 0) is 82.5 Å². The maximum Gasteiger partial charge on any atom is 0.408 e. The number of alkyl carbamates (subject to hydrolysis) is 1. The van der Waals surface area contributed by atoms with Crippen molar-refractivity contribution in [1.82, 2.24) is 10.2 Å². The number of amides is 3. The Hall–Kier alpha value is -3.52. The summed E-state index contributed by atoms with van der Waals surface area (Å²) in [7, 11) is 0. The van der Waals surface area contributed by atoms with E-state index >= 15 is 0 Å². The number of fused-ring (bicyclic) bond motifs is 1. The van der Waals surface area contributed by atoms with Crippen molar-refractivity contribution in [1.29, 1.82) is 0 Å². The van der Waals surface area contributed by atoms with Crippen molar-refractivity contribution >= 4 is 47.0 Å². The number of ether oxygens (including phenoxy) is 1. The molecule has 39 heavy (non-hydrogen) atoms. The molecule has 8 heteroatoms. The maximum absolute atomic E-state index is 14.1. The lowest BCUT2D eigenvalue weighted by atomic mass is 9.93. The molecule has 2 unspecified atom stereocenters. The molecule has 0 spiro atoms. The van der Waals surface area contributed by atoms with Crippen LogP contribution in [0.5, 0.6) is 0 Å². The average Bonchev–Trinajstić information content (AvgIpc) is 2.84. The van der Waals surface area contributed by atoms with E-state index in [2.05, 4.69) is 23.3 Å². The van der Waals surface area contributed by atoms with Crippen LogP contribution in [-0.4, -0.2) is 45.7 Å². The third-order valence-electron chi connectivity index (χ3n) is 6.14. The molecule has 208 valence electrons. The Labute approximate surface area is 236 Å². The zero-order valence-corrected chi connectivity index (χ0v) is 24.6. The molecule has 7 nitrogen and oxygen atoms in total. The van der Waals surface area contributed by atoms with Crippen LogP contribution in [0.3, 0.4) is 0 Å². The van der Waals surface area contributed by atoms with Crippen molar-refractivity contribution in [3.63, 3.8) is 0 Å². The number of aryl methyl sites for hydroxylation is 1. The molecule has 0 radical (unpaired) electrons. The SMILES string of the molecule is Cc1ccccc1C(C(=O)Nc1ccc2ccccc2c1)N(C(=O)C(CS)NC(=O)OC(C)(C)C)C(C)(C)C. The fourth-order valence-corrected chi connectivity index (χ4v) is 4.66. The van der Waals surface area contributed by atoms with E-state index in [1.165, 1.54) is 4.90 Å². The summed E-state index contributed by atoms with van der Waals surface area (Å²) in [6, 6.07) is 19.1. The van der Waals surface area contributed by atoms with Gasteiger partial charge in [-0.2, -0.15) is 12.6 Å². The van der Waals surface area contributed by atoms with Gasteiger partial charge in [0, 0.05) is 17.0 Å². The number of hydrogen-bond acceptors (Lipinski definition) is 5. The van der Waals surface area contributed by atoms with E-state index in [1.54, 1.807) is 20.8 Å². The fourth-order valence-electron chi connectivity index (χ4n) is 4.42. The number of benzene rings is 3. The van der Waals surface area contributed by atoms with E-state index in [4.69, 9.17) is 4.74 Å². The Morgan fingerprint density at radius 2 is 1.51 bits per heavy atom. The second-order valence-corrected chi connectivity index (χ2v) is 11.9. The lowest BCUT2D eigenvalue weighted by Crippen LogP contribution is -2.58. The number of nitrogens with zero attached hydrogens (tertiary/aromatic N) is 1. The summed E-state index contributed by atoms with van der Waals surface area (Å²) in [5, 5.41) is 7.72. The molecule has 0 aliphatic heterocycles. The van der Waals surface area contributed by atoms with Crippen molar-refractivity contribution in [2.75, 3.05) is 11.1 Å². The predicted octanol–water partition coefficient (Wildman–Crippen LogP) is 6.28. The highest BCUT2D eigenvalue weighted by Crippen LogP contribution is 2.33. The zero-order chi connectivity index (χ0) is 29.0. The Morgan fingerprint density at radius 1 is 0.897 bits per heavy atom. The quantitative estimate of drug-likeness (QED) is 0.303. The first-order chi connectivity index (χ1) is 18.2. The van der Waals surface area contributed by atoms with Crippen LogP contribution in [0.4, 0.5) is 10.5 Å². The van der Waals surface area contributed by atoms with Gasteiger partial charge in [-0.25, -0.2) is 4.79 Å². The monoisotopic (exact) mass is 549 g/mol. The van der Waals surface area contributed by atoms with Crippen LogP contribution in [0.15, 0.2) is 66.7 Å². The summed E-state index contributed by atoms with van der Waals surface area (Å²) >= 11 is 4.36. The predicted molar refractivity (Wildman–Crippen MR) is 160 cm³/mol. The molecule has 3 aromatic rings. The van der Waals surface area contributed by atoms with Crippen molar-refractivity contribution < 1.29 is 19.1 Å². The van der Waals surface area contributed by atoms with Crippen LogP contribution in [0.1, 0.15) is 58.7 Å². The minimum absolute atomic E-state index is 0.0252. The van der Waals surface area contributed by atoms with E-state index in [0.29, 0.717) is 11.3 Å². The van der Waals surface area contributed by atoms with Crippen LogP contribution in [0.25, 0.3) is 10.8 Å². The minimum Gasteiger partial charge on any atom is -0.444 e. The van der Waals surface area contributed by atoms with Gasteiger partial charge in [0.1, 0.15) is 17.7 Å². The van der Waals surface area contributed by atoms with Gasteiger partial charge in [0.25, 0.3) is 5.91 Å². The van der Waals surface area contributed by atoms with Gasteiger partial charge in [0.15, 0.2) is 0 Å². The largest absolute Gasteiger partial charge is 0.444 e. The number of rotatable bonds is 7. The molecular formula is C31H39N3O4S. The normalized spacial score (nSPS) is 13.3. The van der Waals surface area contributed by atoms with E-state index in [1.807, 2.05) is 94.4 Å². The Balaban J connectivity index is 2.04. The van der Waals surface area contributed by atoms with Crippen LogP contribution < -0.4 is 10.6 Å². The van der Waals surface area contributed by atoms with E-state index in [-0.39, 0.29) is 11.7 Å². The van der Waals surface area contributed by atoms with Crippen LogP contribution in [0.2, 0.25) is 0 Å². The summed E-state index contributed by atoms with van der Waals surface area (Å²) in [4.78, 5) is 42.3. The molecule has 0 saturated heterocycles. The maximum atomic E-state index is 14.1. The van der Waals surface area contributed by atoms with Gasteiger partial charge in [-0.15, -0.1) is 0 Å². The zero-order valence-electron chi connectivity index (χ0n) is 23.7. The standard InChI is InChI=1S/C31H39N3O4S/c1-20-12-8-11-15-24(20)26(27(35)32-23-17-16-21-13-9-10-14-22(21)18-23)34(30(2,3)4)28(36)25(19-39)33-29(37)38-31(5,6)7/h8-18,25-26,39H,19H2,1-7H3,(H,32,35)(H,33,37). The molecule has 0 aliphatic rings. The van der Waals surface area contributed by atoms with Crippen molar-refractivity contribution in [2.24, 2.45) is 0 Å². The molecule has 3 aromatic carbocycles. The topological polar surface area (TPSA) is 87.7 Å². The molecule has 2 atom stereocenters. The summed E-state index contributed by atoms with van der Waals surface area (Å²) in [5.41, 5.74) is 0.648. The highest BCUT2D eigenvalue weighted by molar-refractivity contribution is 7.80. The Morgan fingerprint density at radius 3 is 2.10 bits per heavy atom. The molecule has 0 heterocycles. The smallest absolute Gasteiger partial charge is 0.408 e. The Kier molecular flexibility index (Phi) is 9.33. The summed E-state index contributed by atoms with van der Waals surface area (Å²) in [5.74, 6) is -0.777. The Bertz CT molecular complexity index is 1340. The summed E-state index contributed by atoms with van der Waals surface area (Å²) in [6.07, 6.45) is -0.725. The van der Waals surface area contributed by atoms with E-state index in [0.717, 1.165) is 16.3 Å². The minimum atomic E-state index is -1.01. The molecule has 0 fully saturated rings. The molecular weight excluding hydrogens is 510 g/mol. The molecule has 0 aromatic heterocycles. The highest BCUT2D eigenvalue weighted by Gasteiger charge is 2.42. The van der Waals surface area contributed by atoms with Gasteiger partial charge < -0.3 is 20.3 Å². The van der Waals surface area contributed by atoms with Crippen LogP contribution >= 0.6 is 12.6 Å². The lowest BCUT2D eigenvalue weighted by Gasteiger charge is -2.43. The van der Waals surface area contributed by atoms with Crippen molar-refractivity contribution in [3.05, 3.63) is 77.9 Å². The molecule has 2 N–H and O–H groups in total. The van der Waals surface area contributed by atoms with Crippen LogP contribution in [-0.2, 0) is 14.3 Å². The second kappa shape index (κ2) is 12.1. The van der Waals surface area contributed by atoms with Gasteiger partial charge in [0.05, 0.1) is 0 Å². The van der Waals surface area contributed by atoms with Gasteiger partial charge in [0.2, 0.25) is 5.91 Å². The molecule has 0 saturated carbocycles. The number of hydrogen-bond donors (Lipinski definition) is 3. The lowest BCUT2D eigenvalue weighted by molar-refractivity contribution is -0.146. The van der Waals surface area contributed by atoms with Gasteiger partial charge >= 0.3 is 6.09 Å². The number of thiol groups is 1. The summed E-state index contributed by atoms with van der Waals surface area (Å²) < 4.78 is 5.38. The summed E-state index contributed by atoms with van der Waals surface area (Å²) in [6.45, 7) is 12.7. The van der Waals surface area contributed by atoms with E-state index in [9.17, 15) is 14.4 Å². The average molecular weight is 550 g/mol. The first-order valence-corrected chi connectivity index (χ1v) is 13.6. The first kappa shape index (κ1) is 30.0. The number of nitrogens with one attached hydrogen (secondary N) is 2. The van der Waals surface area contributed by atoms with Gasteiger partial charge in [-0.1, -0.05) is 54.6 Å². The molecule has 3 rings (SSSR count).